The van der Waals surface area contributed by atoms with Crippen LogP contribution >= 0.6 is 0 Å². The Bertz CT molecular complexity index is 617. The van der Waals surface area contributed by atoms with E-state index in [0.29, 0.717) is 18.4 Å². The lowest BCUT2D eigenvalue weighted by molar-refractivity contribution is -0.122. The number of amides is 1. The van der Waals surface area contributed by atoms with Crippen molar-refractivity contribution in [1.82, 2.24) is 9.03 Å². The molecule has 0 fully saturated rings. The predicted octanol–water partition coefficient (Wildman–Crippen LogP) is 2.10. The monoisotopic (exact) mass is 330 g/mol. The van der Waals surface area contributed by atoms with Gasteiger partial charge in [-0.25, -0.2) is 9.11 Å². The molecular formula is C15H23FN2O3S. The molecule has 0 radical (unpaired) electrons. The lowest BCUT2D eigenvalue weighted by atomic mass is 10.0. The first-order valence-corrected chi connectivity index (χ1v) is 8.62. The number of nitrogens with one attached hydrogen (secondary N) is 1. The molecule has 1 atom stereocenters. The summed E-state index contributed by atoms with van der Waals surface area (Å²) in [4.78, 5) is 12.0. The molecule has 0 bridgehead atoms. The maximum absolute atomic E-state index is 13.5. The normalized spacial score (nSPS) is 13.4. The first kappa shape index (κ1) is 18.6. The summed E-state index contributed by atoms with van der Waals surface area (Å²) in [6, 6.07) is 6.10. The highest BCUT2D eigenvalue weighted by molar-refractivity contribution is 7.87. The van der Waals surface area contributed by atoms with E-state index in [2.05, 4.69) is 4.72 Å². The van der Waals surface area contributed by atoms with Crippen LogP contribution in [0.25, 0.3) is 0 Å². The smallest absolute Gasteiger partial charge is 0.274 e. The zero-order valence-electron chi connectivity index (χ0n) is 13.3. The van der Waals surface area contributed by atoms with Gasteiger partial charge in [0.05, 0.1) is 0 Å². The summed E-state index contributed by atoms with van der Waals surface area (Å²) in [6.45, 7) is 5.05. The van der Waals surface area contributed by atoms with Crippen LogP contribution in [0, 0.1) is 11.7 Å². The van der Waals surface area contributed by atoms with Crippen molar-refractivity contribution in [3.63, 3.8) is 0 Å². The SMILES string of the molecule is CC(CCc1ccccc1F)C(=O)NS(=O)(=O)N(C)C(C)C. The van der Waals surface area contributed by atoms with Gasteiger partial charge in [-0.1, -0.05) is 25.1 Å². The molecule has 1 N–H and O–H groups in total. The molecule has 1 aromatic carbocycles. The number of halogens is 1. The third-order valence-electron chi connectivity index (χ3n) is 3.59. The third-order valence-corrected chi connectivity index (χ3v) is 5.23. The largest absolute Gasteiger partial charge is 0.303 e. The number of carbonyl (C=O) groups excluding carboxylic acids is 1. The Balaban J connectivity index is 2.61. The van der Waals surface area contributed by atoms with E-state index in [4.69, 9.17) is 0 Å². The summed E-state index contributed by atoms with van der Waals surface area (Å²) in [5.74, 6) is -1.43. The molecule has 0 saturated carbocycles. The van der Waals surface area contributed by atoms with Crippen molar-refractivity contribution in [1.29, 1.82) is 0 Å². The van der Waals surface area contributed by atoms with Crippen molar-refractivity contribution < 1.29 is 17.6 Å². The highest BCUT2D eigenvalue weighted by atomic mass is 32.2. The Morgan fingerprint density at radius 2 is 1.86 bits per heavy atom. The van der Waals surface area contributed by atoms with Crippen LogP contribution in [-0.4, -0.2) is 31.7 Å². The van der Waals surface area contributed by atoms with E-state index >= 15 is 0 Å². The molecule has 0 spiro atoms. The van der Waals surface area contributed by atoms with Crippen LogP contribution in [-0.2, 0) is 21.4 Å². The summed E-state index contributed by atoms with van der Waals surface area (Å²) in [7, 11) is -2.43. The standard InChI is InChI=1S/C15H23FN2O3S/c1-11(2)18(4)22(20,21)17-15(19)12(3)9-10-13-7-5-6-8-14(13)16/h5-8,11-12H,9-10H2,1-4H3,(H,17,19). The molecule has 0 aromatic heterocycles. The minimum Gasteiger partial charge on any atom is -0.274 e. The van der Waals surface area contributed by atoms with E-state index < -0.39 is 22.0 Å². The Hall–Kier alpha value is -1.47. The topological polar surface area (TPSA) is 66.5 Å². The highest BCUT2D eigenvalue weighted by Gasteiger charge is 2.25. The molecule has 1 unspecified atom stereocenters. The van der Waals surface area contributed by atoms with Crippen LogP contribution in [0.1, 0.15) is 32.8 Å². The second-order valence-corrected chi connectivity index (χ2v) is 7.34. The van der Waals surface area contributed by atoms with E-state index in [-0.39, 0.29) is 11.9 Å². The Kier molecular flexibility index (Phi) is 6.49. The average Bonchev–Trinajstić information content (AvgIpc) is 2.44. The van der Waals surface area contributed by atoms with Crippen molar-refractivity contribution >= 4 is 16.1 Å². The minimum absolute atomic E-state index is 0.251. The lowest BCUT2D eigenvalue weighted by Crippen LogP contribution is -2.46. The molecule has 0 saturated heterocycles. The molecule has 5 nitrogen and oxygen atoms in total. The third kappa shape index (κ3) is 5.06. The molecule has 0 aliphatic rings. The minimum atomic E-state index is -3.84. The van der Waals surface area contributed by atoms with E-state index in [1.807, 2.05) is 0 Å². The molecule has 1 amide bonds. The van der Waals surface area contributed by atoms with Gasteiger partial charge < -0.3 is 0 Å². The van der Waals surface area contributed by atoms with Gasteiger partial charge in [-0.15, -0.1) is 0 Å². The van der Waals surface area contributed by atoms with Crippen molar-refractivity contribution in [3.8, 4) is 0 Å². The zero-order valence-corrected chi connectivity index (χ0v) is 14.2. The number of carbonyl (C=O) groups is 1. The van der Waals surface area contributed by atoms with Gasteiger partial charge in [0.25, 0.3) is 0 Å². The quantitative estimate of drug-likeness (QED) is 0.832. The van der Waals surface area contributed by atoms with Gasteiger partial charge in [0, 0.05) is 19.0 Å². The molecular weight excluding hydrogens is 307 g/mol. The fourth-order valence-electron chi connectivity index (χ4n) is 1.78. The number of hydrogen-bond acceptors (Lipinski definition) is 3. The number of rotatable bonds is 7. The number of hydrogen-bond donors (Lipinski definition) is 1. The molecule has 7 heteroatoms. The van der Waals surface area contributed by atoms with Crippen molar-refractivity contribution in [2.75, 3.05) is 7.05 Å². The summed E-state index contributed by atoms with van der Waals surface area (Å²) < 4.78 is 40.5. The summed E-state index contributed by atoms with van der Waals surface area (Å²) in [5, 5.41) is 0. The van der Waals surface area contributed by atoms with Crippen LogP contribution < -0.4 is 4.72 Å². The van der Waals surface area contributed by atoms with Gasteiger partial charge in [0.1, 0.15) is 5.82 Å². The fourth-order valence-corrected chi connectivity index (χ4v) is 2.94. The summed E-state index contributed by atoms with van der Waals surface area (Å²) in [5.41, 5.74) is 0.518. The zero-order chi connectivity index (χ0) is 16.9. The summed E-state index contributed by atoms with van der Waals surface area (Å²) >= 11 is 0. The van der Waals surface area contributed by atoms with Gasteiger partial charge in [-0.3, -0.25) is 4.79 Å². The maximum Gasteiger partial charge on any atom is 0.303 e. The number of nitrogens with zero attached hydrogens (tertiary/aromatic N) is 1. The first-order valence-electron chi connectivity index (χ1n) is 7.18. The van der Waals surface area contributed by atoms with Crippen LogP contribution in [0.3, 0.4) is 0 Å². The van der Waals surface area contributed by atoms with Gasteiger partial charge in [-0.2, -0.15) is 12.7 Å². The highest BCUT2D eigenvalue weighted by Crippen LogP contribution is 2.13. The number of benzene rings is 1. The van der Waals surface area contributed by atoms with Crippen molar-refractivity contribution in [2.24, 2.45) is 5.92 Å². The molecule has 0 aliphatic carbocycles. The molecule has 22 heavy (non-hydrogen) atoms. The van der Waals surface area contributed by atoms with Gasteiger partial charge in [-0.05, 0) is 38.3 Å². The van der Waals surface area contributed by atoms with Gasteiger partial charge >= 0.3 is 10.2 Å². The Morgan fingerprint density at radius 1 is 1.27 bits per heavy atom. The molecule has 0 aliphatic heterocycles. The van der Waals surface area contributed by atoms with Gasteiger partial charge in [0.2, 0.25) is 5.91 Å². The van der Waals surface area contributed by atoms with Crippen LogP contribution in [0.2, 0.25) is 0 Å². The van der Waals surface area contributed by atoms with Gasteiger partial charge in [0.15, 0.2) is 0 Å². The lowest BCUT2D eigenvalue weighted by Gasteiger charge is -2.22. The van der Waals surface area contributed by atoms with Crippen LogP contribution in [0.15, 0.2) is 24.3 Å². The predicted molar refractivity (Wildman–Crippen MR) is 83.8 cm³/mol. The van der Waals surface area contributed by atoms with E-state index in [1.54, 1.807) is 39.0 Å². The van der Waals surface area contributed by atoms with Crippen molar-refractivity contribution in [3.05, 3.63) is 35.6 Å². The molecule has 124 valence electrons. The van der Waals surface area contributed by atoms with E-state index in [9.17, 15) is 17.6 Å². The second-order valence-electron chi connectivity index (χ2n) is 5.61. The summed E-state index contributed by atoms with van der Waals surface area (Å²) in [6.07, 6.45) is 0.745. The van der Waals surface area contributed by atoms with Crippen LogP contribution in [0.4, 0.5) is 4.39 Å². The number of aryl methyl sites for hydroxylation is 1. The molecule has 1 aromatic rings. The maximum atomic E-state index is 13.5. The second kappa shape index (κ2) is 7.69. The van der Waals surface area contributed by atoms with Crippen LogP contribution in [0.5, 0.6) is 0 Å². The Labute approximate surface area is 131 Å². The Morgan fingerprint density at radius 3 is 2.41 bits per heavy atom. The average molecular weight is 330 g/mol. The first-order chi connectivity index (χ1) is 10.1. The van der Waals surface area contributed by atoms with E-state index in [0.717, 1.165) is 4.31 Å². The van der Waals surface area contributed by atoms with Crippen molar-refractivity contribution in [2.45, 2.75) is 39.7 Å². The molecule has 1 rings (SSSR count). The fraction of sp³-hybridized carbons (Fsp3) is 0.533. The molecule has 0 heterocycles. The van der Waals surface area contributed by atoms with E-state index in [1.165, 1.54) is 13.1 Å².